The van der Waals surface area contributed by atoms with Gasteiger partial charge in [0.2, 0.25) is 0 Å². The highest BCUT2D eigenvalue weighted by Crippen LogP contribution is 2.32. The third-order valence-corrected chi connectivity index (χ3v) is 7.48. The summed E-state index contributed by atoms with van der Waals surface area (Å²) in [4.78, 5) is 22.4. The van der Waals surface area contributed by atoms with E-state index in [1.165, 1.54) is 5.56 Å². The summed E-state index contributed by atoms with van der Waals surface area (Å²) in [5, 5.41) is 2.96. The van der Waals surface area contributed by atoms with Gasteiger partial charge in [-0.05, 0) is 53.9 Å². The largest absolute Gasteiger partial charge is 0.484 e. The number of carbonyl (C=O) groups excluding carboxylic acids is 1. The molecule has 34 heavy (non-hydrogen) atoms. The second-order valence-corrected chi connectivity index (χ2v) is 9.66. The number of rotatable bonds is 7. The molecule has 0 unspecified atom stereocenters. The molecule has 1 saturated heterocycles. The van der Waals surface area contributed by atoms with Crippen LogP contribution in [0.5, 0.6) is 5.75 Å². The summed E-state index contributed by atoms with van der Waals surface area (Å²) >= 11 is 1.56. The minimum atomic E-state index is -0.0881. The van der Waals surface area contributed by atoms with Crippen LogP contribution in [0.4, 0.5) is 5.13 Å². The van der Waals surface area contributed by atoms with Crippen molar-refractivity contribution < 1.29 is 14.3 Å². The van der Waals surface area contributed by atoms with Crippen molar-refractivity contribution in [3.63, 3.8) is 0 Å². The number of morpholine rings is 1. The van der Waals surface area contributed by atoms with E-state index in [0.29, 0.717) is 12.3 Å². The van der Waals surface area contributed by atoms with Crippen molar-refractivity contribution in [2.45, 2.75) is 13.8 Å². The van der Waals surface area contributed by atoms with Gasteiger partial charge in [-0.3, -0.25) is 14.6 Å². The maximum atomic E-state index is 13.4. The normalized spacial score (nSPS) is 14.5. The predicted octanol–water partition coefficient (Wildman–Crippen LogP) is 4.81. The lowest BCUT2D eigenvalue weighted by Crippen LogP contribution is -2.44. The summed E-state index contributed by atoms with van der Waals surface area (Å²) in [5.41, 5.74) is 3.34. The van der Waals surface area contributed by atoms with Crippen LogP contribution in [0.15, 0.2) is 54.6 Å². The Morgan fingerprint density at radius 2 is 1.88 bits per heavy atom. The number of ether oxygens (including phenoxy) is 2. The number of thiazole rings is 1. The molecule has 176 valence electrons. The van der Waals surface area contributed by atoms with Crippen molar-refractivity contribution in [2.24, 2.45) is 0 Å². The average Bonchev–Trinajstić information content (AvgIpc) is 3.30. The molecule has 0 radical (unpaired) electrons. The summed E-state index contributed by atoms with van der Waals surface area (Å²) in [6.07, 6.45) is 0. The van der Waals surface area contributed by atoms with Gasteiger partial charge in [0.15, 0.2) is 11.7 Å². The highest BCUT2D eigenvalue weighted by atomic mass is 32.1. The van der Waals surface area contributed by atoms with Crippen LogP contribution < -0.4 is 9.64 Å². The summed E-state index contributed by atoms with van der Waals surface area (Å²) in [5.74, 6) is 0.603. The molecule has 6 nitrogen and oxygen atoms in total. The number of fused-ring (bicyclic) bond motifs is 2. The maximum absolute atomic E-state index is 13.4. The Morgan fingerprint density at radius 1 is 1.09 bits per heavy atom. The molecular formula is C27H29N3O3S. The van der Waals surface area contributed by atoms with Crippen LogP contribution in [-0.4, -0.2) is 61.8 Å². The number of aryl methyl sites for hydroxylation is 2. The molecule has 1 aromatic heterocycles. The van der Waals surface area contributed by atoms with E-state index < -0.39 is 0 Å². The van der Waals surface area contributed by atoms with Crippen molar-refractivity contribution in [1.29, 1.82) is 0 Å². The zero-order chi connectivity index (χ0) is 23.5. The van der Waals surface area contributed by atoms with Gasteiger partial charge in [0.05, 0.1) is 23.4 Å². The molecule has 0 N–H and O–H groups in total. The number of anilines is 1. The molecule has 0 bridgehead atoms. The SMILES string of the molecule is Cc1ccc2sc(N(CCN3CCOCC3)C(=O)COc3ccc4ccccc4c3)nc2c1C. The van der Waals surface area contributed by atoms with Crippen LogP contribution in [0.1, 0.15) is 11.1 Å². The number of hydrogen-bond acceptors (Lipinski definition) is 6. The molecule has 0 aliphatic carbocycles. The average molecular weight is 476 g/mol. The van der Waals surface area contributed by atoms with E-state index in [1.807, 2.05) is 36.4 Å². The molecule has 1 amide bonds. The van der Waals surface area contributed by atoms with Gasteiger partial charge in [0.1, 0.15) is 5.75 Å². The van der Waals surface area contributed by atoms with Crippen molar-refractivity contribution in [3.8, 4) is 5.75 Å². The van der Waals surface area contributed by atoms with Gasteiger partial charge in [0.25, 0.3) is 5.91 Å². The first-order chi connectivity index (χ1) is 16.6. The van der Waals surface area contributed by atoms with E-state index in [-0.39, 0.29) is 12.5 Å². The lowest BCUT2D eigenvalue weighted by molar-refractivity contribution is -0.120. The van der Waals surface area contributed by atoms with Crippen LogP contribution in [-0.2, 0) is 9.53 Å². The minimum Gasteiger partial charge on any atom is -0.484 e. The summed E-state index contributed by atoms with van der Waals surface area (Å²) in [7, 11) is 0. The van der Waals surface area contributed by atoms with Gasteiger partial charge in [-0.1, -0.05) is 47.7 Å². The molecule has 7 heteroatoms. The molecule has 1 aliphatic rings. The Kier molecular flexibility index (Phi) is 6.76. The number of amides is 1. The minimum absolute atomic E-state index is 0.0324. The van der Waals surface area contributed by atoms with Gasteiger partial charge in [0, 0.05) is 26.2 Å². The zero-order valence-electron chi connectivity index (χ0n) is 19.6. The van der Waals surface area contributed by atoms with Crippen molar-refractivity contribution in [3.05, 3.63) is 65.7 Å². The van der Waals surface area contributed by atoms with Gasteiger partial charge >= 0.3 is 0 Å². The van der Waals surface area contributed by atoms with E-state index in [2.05, 4.69) is 36.9 Å². The first-order valence-corrected chi connectivity index (χ1v) is 12.5. The molecule has 0 spiro atoms. The van der Waals surface area contributed by atoms with E-state index in [1.54, 1.807) is 16.2 Å². The number of benzene rings is 3. The van der Waals surface area contributed by atoms with Crippen molar-refractivity contribution >= 4 is 43.4 Å². The number of aromatic nitrogens is 1. The van der Waals surface area contributed by atoms with E-state index in [4.69, 9.17) is 14.5 Å². The molecule has 3 aromatic carbocycles. The topological polar surface area (TPSA) is 54.9 Å². The van der Waals surface area contributed by atoms with Gasteiger partial charge in [-0.15, -0.1) is 0 Å². The summed E-state index contributed by atoms with van der Waals surface area (Å²) in [6, 6.07) is 18.2. The second-order valence-electron chi connectivity index (χ2n) is 8.65. The zero-order valence-corrected chi connectivity index (χ0v) is 20.4. The van der Waals surface area contributed by atoms with Gasteiger partial charge in [-0.25, -0.2) is 4.98 Å². The predicted molar refractivity (Wildman–Crippen MR) is 138 cm³/mol. The van der Waals surface area contributed by atoms with Crippen LogP contribution in [0.3, 0.4) is 0 Å². The Bertz CT molecular complexity index is 1310. The molecule has 1 aliphatic heterocycles. The van der Waals surface area contributed by atoms with E-state index in [9.17, 15) is 4.79 Å². The van der Waals surface area contributed by atoms with Crippen molar-refractivity contribution in [2.75, 3.05) is 50.9 Å². The highest BCUT2D eigenvalue weighted by Gasteiger charge is 2.23. The standard InChI is InChI=1S/C27H29N3O3S/c1-19-7-10-24-26(20(19)2)28-27(34-24)30(12-11-29-13-15-32-16-14-29)25(31)18-33-23-9-8-21-5-3-4-6-22(21)17-23/h3-10,17H,11-16,18H2,1-2H3. The number of carbonyl (C=O) groups is 1. The molecule has 4 aromatic rings. The Balaban J connectivity index is 1.36. The third-order valence-electron chi connectivity index (χ3n) is 6.43. The first-order valence-electron chi connectivity index (χ1n) is 11.7. The lowest BCUT2D eigenvalue weighted by atomic mass is 10.1. The smallest absolute Gasteiger partial charge is 0.266 e. The van der Waals surface area contributed by atoms with Crippen LogP contribution in [0, 0.1) is 13.8 Å². The highest BCUT2D eigenvalue weighted by molar-refractivity contribution is 7.22. The van der Waals surface area contributed by atoms with Gasteiger partial charge in [-0.2, -0.15) is 0 Å². The fourth-order valence-electron chi connectivity index (χ4n) is 4.20. The number of nitrogens with zero attached hydrogens (tertiary/aromatic N) is 3. The molecule has 0 saturated carbocycles. The fraction of sp³-hybridized carbons (Fsp3) is 0.333. The molecule has 0 atom stereocenters. The molecular weight excluding hydrogens is 446 g/mol. The van der Waals surface area contributed by atoms with Crippen molar-refractivity contribution in [1.82, 2.24) is 9.88 Å². The quantitative estimate of drug-likeness (QED) is 0.384. The Labute approximate surface area is 203 Å². The Hall–Kier alpha value is -3.00. The molecule has 5 rings (SSSR count). The molecule has 2 heterocycles. The lowest BCUT2D eigenvalue weighted by Gasteiger charge is -2.29. The van der Waals surface area contributed by atoms with E-state index >= 15 is 0 Å². The fourth-order valence-corrected chi connectivity index (χ4v) is 5.27. The Morgan fingerprint density at radius 3 is 2.71 bits per heavy atom. The monoisotopic (exact) mass is 475 g/mol. The van der Waals surface area contributed by atoms with Crippen LogP contribution in [0.2, 0.25) is 0 Å². The summed E-state index contributed by atoms with van der Waals surface area (Å²) in [6.45, 7) is 8.72. The van der Waals surface area contributed by atoms with Gasteiger partial charge < -0.3 is 9.47 Å². The second kappa shape index (κ2) is 10.1. The number of hydrogen-bond donors (Lipinski definition) is 0. The first kappa shape index (κ1) is 22.8. The summed E-state index contributed by atoms with van der Waals surface area (Å²) < 4.78 is 12.5. The van der Waals surface area contributed by atoms with Crippen LogP contribution in [0.25, 0.3) is 21.0 Å². The third kappa shape index (κ3) is 4.92. The van der Waals surface area contributed by atoms with E-state index in [0.717, 1.165) is 64.5 Å². The maximum Gasteiger partial charge on any atom is 0.266 e. The molecule has 1 fully saturated rings. The van der Waals surface area contributed by atoms with Crippen LogP contribution >= 0.6 is 11.3 Å².